The SMILES string of the molecule is CC(F)c1cc(Cl)cc(C(=O)O)c1. The van der Waals surface area contributed by atoms with Gasteiger partial charge in [0.05, 0.1) is 5.56 Å². The molecule has 0 saturated carbocycles. The molecule has 4 heteroatoms. The summed E-state index contributed by atoms with van der Waals surface area (Å²) < 4.78 is 12.8. The van der Waals surface area contributed by atoms with Crippen LogP contribution in [-0.4, -0.2) is 11.1 Å². The number of aromatic carboxylic acids is 1. The molecular formula is C9H8ClFO2. The fourth-order valence-electron chi connectivity index (χ4n) is 0.965. The van der Waals surface area contributed by atoms with Gasteiger partial charge in [-0.15, -0.1) is 0 Å². The molecule has 0 bridgehead atoms. The van der Waals surface area contributed by atoms with Crippen molar-refractivity contribution in [1.29, 1.82) is 0 Å². The first-order valence-corrected chi connectivity index (χ1v) is 4.06. The Bertz CT molecular complexity index is 336. The number of rotatable bonds is 2. The van der Waals surface area contributed by atoms with E-state index in [2.05, 4.69) is 0 Å². The van der Waals surface area contributed by atoms with E-state index in [9.17, 15) is 9.18 Å². The molecule has 1 aromatic carbocycles. The van der Waals surface area contributed by atoms with Crippen molar-refractivity contribution in [3.05, 3.63) is 34.3 Å². The summed E-state index contributed by atoms with van der Waals surface area (Å²) in [5.74, 6) is -1.11. The van der Waals surface area contributed by atoms with Gasteiger partial charge in [0.25, 0.3) is 0 Å². The third kappa shape index (κ3) is 2.42. The van der Waals surface area contributed by atoms with Crippen LogP contribution in [0.1, 0.15) is 29.0 Å². The number of halogens is 2. The molecule has 0 heterocycles. The van der Waals surface area contributed by atoms with E-state index in [0.29, 0.717) is 0 Å². The minimum Gasteiger partial charge on any atom is -0.478 e. The van der Waals surface area contributed by atoms with Gasteiger partial charge in [-0.1, -0.05) is 11.6 Å². The average Bonchev–Trinajstić information content (AvgIpc) is 2.03. The standard InChI is InChI=1S/C9H8ClFO2/c1-5(11)6-2-7(9(12)13)4-8(10)3-6/h2-5H,1H3,(H,12,13). The Kier molecular flexibility index (Phi) is 2.88. The minimum absolute atomic E-state index is 0.00648. The predicted molar refractivity (Wildman–Crippen MR) is 47.9 cm³/mol. The summed E-state index contributed by atoms with van der Waals surface area (Å²) in [7, 11) is 0. The Balaban J connectivity index is 3.19. The molecule has 1 N–H and O–H groups in total. The van der Waals surface area contributed by atoms with Gasteiger partial charge in [-0.3, -0.25) is 0 Å². The number of benzene rings is 1. The van der Waals surface area contributed by atoms with Gasteiger partial charge in [-0.2, -0.15) is 0 Å². The maximum absolute atomic E-state index is 12.8. The van der Waals surface area contributed by atoms with Crippen LogP contribution < -0.4 is 0 Å². The highest BCUT2D eigenvalue weighted by Gasteiger charge is 2.09. The molecule has 1 unspecified atom stereocenters. The van der Waals surface area contributed by atoms with Crippen molar-refractivity contribution in [3.63, 3.8) is 0 Å². The molecule has 0 aliphatic rings. The zero-order valence-corrected chi connectivity index (χ0v) is 7.68. The second kappa shape index (κ2) is 3.75. The van der Waals surface area contributed by atoms with Crippen LogP contribution in [0.4, 0.5) is 4.39 Å². The van der Waals surface area contributed by atoms with E-state index >= 15 is 0 Å². The molecule has 0 aromatic heterocycles. The summed E-state index contributed by atoms with van der Waals surface area (Å²) in [5, 5.41) is 8.87. The number of hydrogen-bond donors (Lipinski definition) is 1. The summed E-state index contributed by atoms with van der Waals surface area (Å²) in [4.78, 5) is 10.5. The van der Waals surface area contributed by atoms with Crippen molar-refractivity contribution >= 4 is 17.6 Å². The highest BCUT2D eigenvalue weighted by molar-refractivity contribution is 6.31. The molecule has 13 heavy (non-hydrogen) atoms. The lowest BCUT2D eigenvalue weighted by Crippen LogP contribution is -1.98. The monoisotopic (exact) mass is 202 g/mol. The Morgan fingerprint density at radius 2 is 2.15 bits per heavy atom. The molecule has 70 valence electrons. The van der Waals surface area contributed by atoms with Crippen molar-refractivity contribution in [2.24, 2.45) is 0 Å². The first kappa shape index (κ1) is 9.99. The van der Waals surface area contributed by atoms with Crippen LogP contribution in [0.3, 0.4) is 0 Å². The van der Waals surface area contributed by atoms with Crippen molar-refractivity contribution in [2.75, 3.05) is 0 Å². The average molecular weight is 203 g/mol. The van der Waals surface area contributed by atoms with Gasteiger partial charge in [-0.25, -0.2) is 9.18 Å². The van der Waals surface area contributed by atoms with Crippen LogP contribution in [-0.2, 0) is 0 Å². The fourth-order valence-corrected chi connectivity index (χ4v) is 1.21. The summed E-state index contributed by atoms with van der Waals surface area (Å²) in [6.07, 6.45) is -1.21. The van der Waals surface area contributed by atoms with Crippen molar-refractivity contribution in [1.82, 2.24) is 0 Å². The van der Waals surface area contributed by atoms with E-state index in [1.54, 1.807) is 0 Å². The highest BCUT2D eigenvalue weighted by atomic mass is 35.5. The lowest BCUT2D eigenvalue weighted by Gasteiger charge is -2.04. The van der Waals surface area contributed by atoms with Gasteiger partial charge >= 0.3 is 5.97 Å². The molecule has 0 spiro atoms. The maximum Gasteiger partial charge on any atom is 0.335 e. The largest absolute Gasteiger partial charge is 0.478 e. The molecule has 0 saturated heterocycles. The molecule has 2 nitrogen and oxygen atoms in total. The van der Waals surface area contributed by atoms with Gasteiger partial charge in [0.2, 0.25) is 0 Å². The Morgan fingerprint density at radius 3 is 2.62 bits per heavy atom. The topological polar surface area (TPSA) is 37.3 Å². The minimum atomic E-state index is -1.21. The van der Waals surface area contributed by atoms with Crippen molar-refractivity contribution in [3.8, 4) is 0 Å². The second-order valence-corrected chi connectivity index (χ2v) is 3.13. The van der Waals surface area contributed by atoms with Gasteiger partial charge in [0.15, 0.2) is 0 Å². The predicted octanol–water partition coefficient (Wildman–Crippen LogP) is 3.07. The first-order chi connectivity index (χ1) is 6.00. The normalized spacial score (nSPS) is 12.5. The van der Waals surface area contributed by atoms with Crippen LogP contribution in [0.5, 0.6) is 0 Å². The Labute approximate surface area is 80.0 Å². The number of carboxylic acid groups (broad SMARTS) is 1. The molecule has 1 rings (SSSR count). The Hall–Kier alpha value is -1.09. The van der Waals surface area contributed by atoms with E-state index in [-0.39, 0.29) is 16.1 Å². The van der Waals surface area contributed by atoms with Crippen LogP contribution >= 0.6 is 11.6 Å². The van der Waals surface area contributed by atoms with Crippen LogP contribution in [0.2, 0.25) is 5.02 Å². The van der Waals surface area contributed by atoms with Gasteiger partial charge in [0, 0.05) is 5.02 Å². The van der Waals surface area contributed by atoms with Gasteiger partial charge in [0.1, 0.15) is 6.17 Å². The third-order valence-electron chi connectivity index (χ3n) is 1.63. The van der Waals surface area contributed by atoms with Crippen LogP contribution in [0.25, 0.3) is 0 Å². The molecule has 0 aliphatic heterocycles. The van der Waals surface area contributed by atoms with Crippen molar-refractivity contribution < 1.29 is 14.3 Å². The first-order valence-electron chi connectivity index (χ1n) is 3.68. The second-order valence-electron chi connectivity index (χ2n) is 2.69. The molecule has 0 radical (unpaired) electrons. The smallest absolute Gasteiger partial charge is 0.335 e. The zero-order valence-electron chi connectivity index (χ0n) is 6.92. The molecule has 1 atom stereocenters. The quantitative estimate of drug-likeness (QED) is 0.800. The lowest BCUT2D eigenvalue weighted by molar-refractivity contribution is 0.0696. The fraction of sp³-hybridized carbons (Fsp3) is 0.222. The zero-order chi connectivity index (χ0) is 10.0. The van der Waals surface area contributed by atoms with E-state index in [1.807, 2.05) is 0 Å². The molecule has 0 amide bonds. The molecule has 0 aliphatic carbocycles. The molecular weight excluding hydrogens is 195 g/mol. The van der Waals surface area contributed by atoms with E-state index in [0.717, 1.165) is 0 Å². The highest BCUT2D eigenvalue weighted by Crippen LogP contribution is 2.22. The molecule has 1 aromatic rings. The van der Waals surface area contributed by atoms with Crippen molar-refractivity contribution in [2.45, 2.75) is 13.1 Å². The number of carbonyl (C=O) groups is 1. The summed E-state index contributed by atoms with van der Waals surface area (Å²) >= 11 is 5.61. The van der Waals surface area contributed by atoms with Crippen LogP contribution in [0, 0.1) is 0 Å². The van der Waals surface area contributed by atoms with Gasteiger partial charge in [-0.05, 0) is 30.7 Å². The summed E-state index contributed by atoms with van der Waals surface area (Å²) in [5.41, 5.74) is 0.289. The summed E-state index contributed by atoms with van der Waals surface area (Å²) in [6, 6.07) is 3.98. The maximum atomic E-state index is 12.8. The number of carboxylic acids is 1. The van der Waals surface area contributed by atoms with Gasteiger partial charge < -0.3 is 5.11 Å². The van der Waals surface area contributed by atoms with E-state index in [1.165, 1.54) is 25.1 Å². The number of alkyl halides is 1. The molecule has 0 fully saturated rings. The van der Waals surface area contributed by atoms with Crippen LogP contribution in [0.15, 0.2) is 18.2 Å². The van der Waals surface area contributed by atoms with E-state index < -0.39 is 12.1 Å². The summed E-state index contributed by atoms with van der Waals surface area (Å²) in [6.45, 7) is 1.33. The third-order valence-corrected chi connectivity index (χ3v) is 1.84. The Morgan fingerprint density at radius 1 is 1.54 bits per heavy atom. The van der Waals surface area contributed by atoms with E-state index in [4.69, 9.17) is 16.7 Å². The number of hydrogen-bond acceptors (Lipinski definition) is 1. The lowest BCUT2D eigenvalue weighted by atomic mass is 10.1.